The largest absolute Gasteiger partial charge is 0.496 e. The number of carboxylic acids is 1. The Morgan fingerprint density at radius 3 is 2.41 bits per heavy atom. The molecule has 0 saturated carbocycles. The number of carboxylic acid groups (broad SMARTS) is 1. The first-order valence-electron chi connectivity index (χ1n) is 6.12. The lowest BCUT2D eigenvalue weighted by atomic mass is 9.99. The number of nitrogens with two attached hydrogens (primary N) is 1. The van der Waals surface area contributed by atoms with Gasteiger partial charge in [-0.3, -0.25) is 0 Å². The molecule has 2 aromatic rings. The topological polar surface area (TPSA) is 72.5 Å². The van der Waals surface area contributed by atoms with E-state index in [1.165, 1.54) is 31.4 Å². The Hall–Kier alpha value is -2.70. The van der Waals surface area contributed by atoms with Gasteiger partial charge in [0.25, 0.3) is 0 Å². The molecule has 0 radical (unpaired) electrons. The lowest BCUT2D eigenvalue weighted by molar-refractivity contribution is -0.137. The van der Waals surface area contributed by atoms with Crippen molar-refractivity contribution in [1.82, 2.24) is 0 Å². The first kappa shape index (κ1) is 15.7. The van der Waals surface area contributed by atoms with Crippen molar-refractivity contribution in [1.29, 1.82) is 0 Å². The number of nitrogen functional groups attached to an aromatic ring is 1. The van der Waals surface area contributed by atoms with E-state index in [4.69, 9.17) is 15.6 Å². The second-order valence-corrected chi connectivity index (χ2v) is 4.56. The SMILES string of the molecule is COc1ccc(C(F)(F)F)cc1-c1cc(N)cc(C(=O)O)c1. The average Bonchev–Trinajstić information content (AvgIpc) is 2.44. The number of rotatable bonds is 3. The summed E-state index contributed by atoms with van der Waals surface area (Å²) in [4.78, 5) is 11.1. The molecule has 0 heterocycles. The first-order chi connectivity index (χ1) is 10.2. The van der Waals surface area contributed by atoms with Gasteiger partial charge in [0.15, 0.2) is 0 Å². The van der Waals surface area contributed by atoms with Crippen molar-refractivity contribution in [3.8, 4) is 16.9 Å². The van der Waals surface area contributed by atoms with Gasteiger partial charge in [0, 0.05) is 11.3 Å². The Labute approximate surface area is 123 Å². The molecule has 0 unspecified atom stereocenters. The molecular weight excluding hydrogens is 299 g/mol. The molecular formula is C15H12F3NO3. The van der Waals surface area contributed by atoms with E-state index in [0.717, 1.165) is 12.1 Å². The number of alkyl halides is 3. The van der Waals surface area contributed by atoms with Gasteiger partial charge in [-0.2, -0.15) is 13.2 Å². The van der Waals surface area contributed by atoms with Crippen LogP contribution < -0.4 is 10.5 Å². The summed E-state index contributed by atoms with van der Waals surface area (Å²) in [7, 11) is 1.32. The number of hydrogen-bond acceptors (Lipinski definition) is 3. The van der Waals surface area contributed by atoms with Gasteiger partial charge < -0.3 is 15.6 Å². The van der Waals surface area contributed by atoms with E-state index >= 15 is 0 Å². The molecule has 0 fully saturated rings. The summed E-state index contributed by atoms with van der Waals surface area (Å²) >= 11 is 0. The zero-order chi connectivity index (χ0) is 16.5. The monoisotopic (exact) mass is 311 g/mol. The number of carbonyl (C=O) groups is 1. The van der Waals surface area contributed by atoms with E-state index in [1.807, 2.05) is 0 Å². The highest BCUT2D eigenvalue weighted by Gasteiger charge is 2.31. The van der Waals surface area contributed by atoms with Gasteiger partial charge in [-0.25, -0.2) is 4.79 Å². The van der Waals surface area contributed by atoms with E-state index in [9.17, 15) is 18.0 Å². The Kier molecular flexibility index (Phi) is 3.99. The molecule has 2 aromatic carbocycles. The van der Waals surface area contributed by atoms with Crippen molar-refractivity contribution < 1.29 is 27.8 Å². The van der Waals surface area contributed by atoms with Crippen LogP contribution in [0.15, 0.2) is 36.4 Å². The van der Waals surface area contributed by atoms with Crippen LogP contribution in [-0.4, -0.2) is 18.2 Å². The molecule has 0 aliphatic carbocycles. The fraction of sp³-hybridized carbons (Fsp3) is 0.133. The van der Waals surface area contributed by atoms with Gasteiger partial charge in [0.2, 0.25) is 0 Å². The first-order valence-corrected chi connectivity index (χ1v) is 6.12. The molecule has 22 heavy (non-hydrogen) atoms. The fourth-order valence-corrected chi connectivity index (χ4v) is 2.04. The molecule has 3 N–H and O–H groups in total. The summed E-state index contributed by atoms with van der Waals surface area (Å²) in [5.74, 6) is -1.03. The minimum atomic E-state index is -4.52. The number of anilines is 1. The standard InChI is InChI=1S/C15H12F3NO3/c1-22-13-3-2-10(15(16,17)18)7-12(13)8-4-9(14(20)21)6-11(19)5-8/h2-7H,19H2,1H3,(H,20,21). The average molecular weight is 311 g/mol. The zero-order valence-corrected chi connectivity index (χ0v) is 11.4. The summed E-state index contributed by atoms with van der Waals surface area (Å²) in [6.45, 7) is 0. The molecule has 116 valence electrons. The normalized spacial score (nSPS) is 11.3. The van der Waals surface area contributed by atoms with Crippen molar-refractivity contribution in [2.45, 2.75) is 6.18 Å². The van der Waals surface area contributed by atoms with Crippen LogP contribution in [0.4, 0.5) is 18.9 Å². The number of benzene rings is 2. The highest BCUT2D eigenvalue weighted by Crippen LogP contribution is 2.38. The van der Waals surface area contributed by atoms with Gasteiger partial charge in [0.05, 0.1) is 18.2 Å². The van der Waals surface area contributed by atoms with Crippen molar-refractivity contribution >= 4 is 11.7 Å². The third-order valence-corrected chi connectivity index (χ3v) is 3.04. The van der Waals surface area contributed by atoms with E-state index in [2.05, 4.69) is 0 Å². The number of ether oxygens (including phenoxy) is 1. The molecule has 0 aliphatic heterocycles. The molecule has 0 spiro atoms. The van der Waals surface area contributed by atoms with E-state index < -0.39 is 17.7 Å². The minimum absolute atomic E-state index is 0.116. The number of halogens is 3. The summed E-state index contributed by atoms with van der Waals surface area (Å²) in [5, 5.41) is 9.02. The second kappa shape index (κ2) is 5.59. The number of methoxy groups -OCH3 is 1. The highest BCUT2D eigenvalue weighted by molar-refractivity contribution is 5.91. The predicted octanol–water partition coefficient (Wildman–Crippen LogP) is 3.66. The van der Waals surface area contributed by atoms with Crippen LogP contribution in [0.5, 0.6) is 5.75 Å². The van der Waals surface area contributed by atoms with Crippen molar-refractivity contribution in [3.63, 3.8) is 0 Å². The van der Waals surface area contributed by atoms with Crippen LogP contribution >= 0.6 is 0 Å². The Morgan fingerprint density at radius 1 is 1.18 bits per heavy atom. The van der Waals surface area contributed by atoms with Gasteiger partial charge in [-0.1, -0.05) is 0 Å². The lowest BCUT2D eigenvalue weighted by Gasteiger charge is -2.14. The van der Waals surface area contributed by atoms with Gasteiger partial charge in [0.1, 0.15) is 5.75 Å². The minimum Gasteiger partial charge on any atom is -0.496 e. The molecule has 0 bridgehead atoms. The van der Waals surface area contributed by atoms with Gasteiger partial charge in [-0.05, 0) is 42.0 Å². The van der Waals surface area contributed by atoms with Crippen LogP contribution in [0.3, 0.4) is 0 Å². The Balaban J connectivity index is 2.67. The summed E-state index contributed by atoms with van der Waals surface area (Å²) in [6, 6.07) is 6.85. The van der Waals surface area contributed by atoms with Gasteiger partial charge in [-0.15, -0.1) is 0 Å². The van der Waals surface area contributed by atoms with E-state index in [1.54, 1.807) is 0 Å². The lowest BCUT2D eigenvalue weighted by Crippen LogP contribution is -2.05. The molecule has 0 atom stereocenters. The summed E-state index contributed by atoms with van der Waals surface area (Å²) in [6.07, 6.45) is -4.52. The van der Waals surface area contributed by atoms with E-state index in [0.29, 0.717) is 0 Å². The maximum atomic E-state index is 12.8. The molecule has 4 nitrogen and oxygen atoms in total. The van der Waals surface area contributed by atoms with Crippen LogP contribution in [0, 0.1) is 0 Å². The highest BCUT2D eigenvalue weighted by atomic mass is 19.4. The quantitative estimate of drug-likeness (QED) is 0.848. The molecule has 0 saturated heterocycles. The predicted molar refractivity (Wildman–Crippen MR) is 74.8 cm³/mol. The molecule has 0 aliphatic rings. The maximum absolute atomic E-state index is 12.8. The molecule has 7 heteroatoms. The molecule has 0 aromatic heterocycles. The maximum Gasteiger partial charge on any atom is 0.416 e. The summed E-state index contributed by atoms with van der Waals surface area (Å²) in [5.41, 5.74) is 5.14. The van der Waals surface area contributed by atoms with Crippen LogP contribution in [0.1, 0.15) is 15.9 Å². The Morgan fingerprint density at radius 2 is 1.86 bits per heavy atom. The van der Waals surface area contributed by atoms with E-state index in [-0.39, 0.29) is 28.1 Å². The van der Waals surface area contributed by atoms with Crippen molar-refractivity contribution in [2.75, 3.05) is 12.8 Å². The van der Waals surface area contributed by atoms with Crippen molar-refractivity contribution in [3.05, 3.63) is 47.5 Å². The third-order valence-electron chi connectivity index (χ3n) is 3.04. The molecule has 0 amide bonds. The van der Waals surface area contributed by atoms with Gasteiger partial charge >= 0.3 is 12.1 Å². The summed E-state index contributed by atoms with van der Waals surface area (Å²) < 4.78 is 43.6. The fourth-order valence-electron chi connectivity index (χ4n) is 2.04. The zero-order valence-electron chi connectivity index (χ0n) is 11.4. The van der Waals surface area contributed by atoms with Crippen molar-refractivity contribution in [2.24, 2.45) is 0 Å². The smallest absolute Gasteiger partial charge is 0.416 e. The van der Waals surface area contributed by atoms with Crippen LogP contribution in [0.25, 0.3) is 11.1 Å². The van der Waals surface area contributed by atoms with Crippen LogP contribution in [0.2, 0.25) is 0 Å². The third kappa shape index (κ3) is 3.13. The van der Waals surface area contributed by atoms with Crippen LogP contribution in [-0.2, 0) is 6.18 Å². The second-order valence-electron chi connectivity index (χ2n) is 4.56. The number of aromatic carboxylic acids is 1. The Bertz CT molecular complexity index is 726. The number of hydrogen-bond donors (Lipinski definition) is 2. The molecule has 2 rings (SSSR count).